The molecule has 1 nitrogen and oxygen atoms in total. The third-order valence-electron chi connectivity index (χ3n) is 13.0. The van der Waals surface area contributed by atoms with Gasteiger partial charge in [-0.15, -0.1) is 6.58 Å². The van der Waals surface area contributed by atoms with E-state index in [0.717, 1.165) is 17.8 Å². The maximum atomic E-state index is 4.04. The molecule has 0 amide bonds. The smallest absolute Gasteiger partial charge is 0.00187 e. The Hall–Kier alpha value is -0.300. The van der Waals surface area contributed by atoms with Gasteiger partial charge in [-0.2, -0.15) is 0 Å². The van der Waals surface area contributed by atoms with Gasteiger partial charge in [-0.05, 0) is 76.4 Å². The van der Waals surface area contributed by atoms with Crippen molar-refractivity contribution in [3.05, 3.63) is 12.2 Å². The SMILES string of the molecule is C=C(C)CCCCCCN(CCCC)CCCCCCCC(CCCCCC)CCCCCCCC.CCCCCCCCC(CCCCCC)C(C)CC. The quantitative estimate of drug-likeness (QED) is 0.0440. The highest BCUT2D eigenvalue weighted by molar-refractivity contribution is 4.87. The summed E-state index contributed by atoms with van der Waals surface area (Å²) < 4.78 is 0. The molecule has 0 aliphatic carbocycles. The highest BCUT2D eigenvalue weighted by atomic mass is 15.1. The first-order valence-corrected chi connectivity index (χ1v) is 26.3. The molecule has 0 saturated carbocycles. The first-order valence-electron chi connectivity index (χ1n) is 26.3. The van der Waals surface area contributed by atoms with Gasteiger partial charge < -0.3 is 4.90 Å². The zero-order valence-electron chi connectivity index (χ0n) is 40.4. The van der Waals surface area contributed by atoms with Crippen molar-refractivity contribution in [1.82, 2.24) is 4.90 Å². The van der Waals surface area contributed by atoms with Crippen LogP contribution in [0, 0.1) is 17.8 Å². The fourth-order valence-corrected chi connectivity index (χ4v) is 8.70. The zero-order valence-corrected chi connectivity index (χ0v) is 40.4. The standard InChI is InChI=1S/C35H71N.C19H40/c1-6-9-12-14-16-23-29-35(28-22-13-10-7-2)30-24-17-15-19-25-32-36(31-11-8-3)33-26-20-18-21-27-34(4)5;1-5-8-10-12-13-15-17-19(18(4)7-3)16-14-11-9-6-2/h35H,4,6-33H2,1-3,5H3;18-19H,5-17H2,1-4H3. The van der Waals surface area contributed by atoms with Gasteiger partial charge in [0.15, 0.2) is 0 Å². The first kappa shape index (κ1) is 56.8. The fraction of sp³-hybridized carbons (Fsp3) is 0.963. The van der Waals surface area contributed by atoms with Crippen molar-refractivity contribution >= 4 is 0 Å². The van der Waals surface area contributed by atoms with Crippen molar-refractivity contribution in [2.75, 3.05) is 19.6 Å². The van der Waals surface area contributed by atoms with Gasteiger partial charge >= 0.3 is 0 Å². The van der Waals surface area contributed by atoms with E-state index in [1.54, 1.807) is 0 Å². The highest BCUT2D eigenvalue weighted by Gasteiger charge is 2.15. The highest BCUT2D eigenvalue weighted by Crippen LogP contribution is 2.28. The minimum absolute atomic E-state index is 0.942. The van der Waals surface area contributed by atoms with Gasteiger partial charge in [0.1, 0.15) is 0 Å². The van der Waals surface area contributed by atoms with E-state index in [1.165, 1.54) is 269 Å². The van der Waals surface area contributed by atoms with Gasteiger partial charge in [0.05, 0.1) is 0 Å². The summed E-state index contributed by atoms with van der Waals surface area (Å²) in [6.45, 7) is 26.6. The van der Waals surface area contributed by atoms with Gasteiger partial charge in [0.25, 0.3) is 0 Å². The van der Waals surface area contributed by atoms with Gasteiger partial charge in [0.2, 0.25) is 0 Å². The van der Waals surface area contributed by atoms with E-state index in [-0.39, 0.29) is 0 Å². The third-order valence-corrected chi connectivity index (χ3v) is 13.0. The molecule has 3 atom stereocenters. The lowest BCUT2D eigenvalue weighted by Crippen LogP contribution is -2.27. The van der Waals surface area contributed by atoms with Crippen LogP contribution in [0.5, 0.6) is 0 Å². The predicted molar refractivity (Wildman–Crippen MR) is 257 cm³/mol. The van der Waals surface area contributed by atoms with Crippen molar-refractivity contribution in [3.63, 3.8) is 0 Å². The van der Waals surface area contributed by atoms with Crippen LogP contribution >= 0.6 is 0 Å². The van der Waals surface area contributed by atoms with E-state index >= 15 is 0 Å². The van der Waals surface area contributed by atoms with E-state index in [9.17, 15) is 0 Å². The third kappa shape index (κ3) is 44.6. The van der Waals surface area contributed by atoms with Crippen LogP contribution in [0.15, 0.2) is 12.2 Å². The average Bonchev–Trinajstić information content (AvgIpc) is 3.18. The molecule has 0 aromatic rings. The Labute approximate surface area is 352 Å². The summed E-state index contributed by atoms with van der Waals surface area (Å²) in [5.41, 5.74) is 1.35. The average molecular weight is 774 g/mol. The summed E-state index contributed by atoms with van der Waals surface area (Å²) in [6, 6.07) is 0. The molecule has 332 valence electrons. The van der Waals surface area contributed by atoms with E-state index in [1.807, 2.05) is 0 Å². The second kappa shape index (κ2) is 48.1. The van der Waals surface area contributed by atoms with E-state index in [2.05, 4.69) is 66.9 Å². The Morgan fingerprint density at radius 2 is 0.691 bits per heavy atom. The van der Waals surface area contributed by atoms with Crippen molar-refractivity contribution < 1.29 is 0 Å². The molecule has 55 heavy (non-hydrogen) atoms. The lowest BCUT2D eigenvalue weighted by Gasteiger charge is -2.23. The Morgan fingerprint density at radius 3 is 1.07 bits per heavy atom. The monoisotopic (exact) mass is 774 g/mol. The van der Waals surface area contributed by atoms with Crippen molar-refractivity contribution in [3.8, 4) is 0 Å². The number of hydrogen-bond acceptors (Lipinski definition) is 1. The Kier molecular flexibility index (Phi) is 49.6. The maximum absolute atomic E-state index is 4.04. The minimum atomic E-state index is 0.942. The predicted octanol–water partition coefficient (Wildman–Crippen LogP) is 19.7. The van der Waals surface area contributed by atoms with Crippen molar-refractivity contribution in [2.45, 2.75) is 299 Å². The Bertz CT molecular complexity index is 697. The maximum Gasteiger partial charge on any atom is -0.00187 e. The van der Waals surface area contributed by atoms with Gasteiger partial charge in [-0.1, -0.05) is 266 Å². The molecule has 0 aromatic heterocycles. The summed E-state index contributed by atoms with van der Waals surface area (Å²) in [4.78, 5) is 2.77. The molecule has 3 unspecified atom stereocenters. The molecule has 0 bridgehead atoms. The van der Waals surface area contributed by atoms with E-state index in [4.69, 9.17) is 0 Å². The second-order valence-electron chi connectivity index (χ2n) is 18.7. The summed E-state index contributed by atoms with van der Waals surface area (Å²) in [5, 5.41) is 0. The van der Waals surface area contributed by atoms with Crippen LogP contribution in [-0.2, 0) is 0 Å². The first-order chi connectivity index (χ1) is 26.9. The molecule has 0 heterocycles. The molecular weight excluding hydrogens is 663 g/mol. The second-order valence-corrected chi connectivity index (χ2v) is 18.7. The van der Waals surface area contributed by atoms with Gasteiger partial charge in [0, 0.05) is 0 Å². The van der Waals surface area contributed by atoms with Crippen molar-refractivity contribution in [1.29, 1.82) is 0 Å². The largest absolute Gasteiger partial charge is 0.303 e. The van der Waals surface area contributed by atoms with Crippen LogP contribution in [0.1, 0.15) is 299 Å². The summed E-state index contributed by atoms with van der Waals surface area (Å²) in [5.74, 6) is 2.97. The molecule has 0 rings (SSSR count). The molecular formula is C54H111N. The van der Waals surface area contributed by atoms with Crippen LogP contribution in [-0.4, -0.2) is 24.5 Å². The van der Waals surface area contributed by atoms with Crippen LogP contribution < -0.4 is 0 Å². The molecule has 0 saturated heterocycles. The van der Waals surface area contributed by atoms with Gasteiger partial charge in [-0.25, -0.2) is 0 Å². The summed E-state index contributed by atoms with van der Waals surface area (Å²) in [6.07, 6.45) is 54.5. The molecule has 0 N–H and O–H groups in total. The Morgan fingerprint density at radius 1 is 0.382 bits per heavy atom. The molecule has 0 aliphatic heterocycles. The number of allylic oxidation sites excluding steroid dienone is 1. The number of unbranched alkanes of at least 4 members (excludes halogenated alkanes) is 24. The molecule has 1 heteroatoms. The molecule has 0 radical (unpaired) electrons. The van der Waals surface area contributed by atoms with Crippen molar-refractivity contribution in [2.24, 2.45) is 17.8 Å². The van der Waals surface area contributed by atoms with E-state index in [0.29, 0.717) is 0 Å². The lowest BCUT2D eigenvalue weighted by atomic mass is 9.83. The molecule has 0 aromatic carbocycles. The minimum Gasteiger partial charge on any atom is -0.303 e. The lowest BCUT2D eigenvalue weighted by molar-refractivity contribution is 0.256. The van der Waals surface area contributed by atoms with Gasteiger partial charge in [-0.3, -0.25) is 0 Å². The topological polar surface area (TPSA) is 3.24 Å². The number of hydrogen-bond donors (Lipinski definition) is 0. The number of nitrogens with zero attached hydrogens (tertiary/aromatic N) is 1. The zero-order chi connectivity index (χ0) is 40.9. The van der Waals surface area contributed by atoms with Crippen LogP contribution in [0.4, 0.5) is 0 Å². The van der Waals surface area contributed by atoms with Crippen LogP contribution in [0.25, 0.3) is 0 Å². The van der Waals surface area contributed by atoms with Crippen LogP contribution in [0.3, 0.4) is 0 Å². The number of rotatable bonds is 44. The van der Waals surface area contributed by atoms with E-state index < -0.39 is 0 Å². The van der Waals surface area contributed by atoms with Crippen LogP contribution in [0.2, 0.25) is 0 Å². The molecule has 0 fully saturated rings. The normalized spacial score (nSPS) is 13.2. The summed E-state index contributed by atoms with van der Waals surface area (Å²) >= 11 is 0. The molecule has 0 aliphatic rings. The molecule has 0 spiro atoms. The summed E-state index contributed by atoms with van der Waals surface area (Å²) in [7, 11) is 0. The Balaban J connectivity index is 0. The fourth-order valence-electron chi connectivity index (χ4n) is 8.70.